The van der Waals surface area contributed by atoms with Crippen LogP contribution in [0.25, 0.3) is 83.5 Å². The van der Waals surface area contributed by atoms with Crippen LogP contribution in [0.5, 0.6) is 0 Å². The lowest BCUT2D eigenvalue weighted by atomic mass is 9.52. The van der Waals surface area contributed by atoms with Crippen molar-refractivity contribution in [2.24, 2.45) is 0 Å². The number of fused-ring (bicyclic) bond motifs is 20. The second-order valence-corrected chi connectivity index (χ2v) is 18.9. The van der Waals surface area contributed by atoms with Crippen LogP contribution < -0.4 is 0 Å². The van der Waals surface area contributed by atoms with Crippen molar-refractivity contribution in [2.75, 3.05) is 0 Å². The van der Waals surface area contributed by atoms with Gasteiger partial charge in [0, 0.05) is 27.5 Å². The van der Waals surface area contributed by atoms with E-state index in [1.807, 2.05) is 0 Å². The fourth-order valence-corrected chi connectivity index (χ4v) is 12.9. The summed E-state index contributed by atoms with van der Waals surface area (Å²) in [5.74, 6) is 0.713. The standard InChI is InChI=1S/C66H42N2O/c1-3-18-42(19-4-1)58-40-59(43-20-5-2-6-21-43)68-64(67-58)44-36-34-41(35-37-44)45-25-17-26-50-61-57(39-38-49-48-24-9-16-33-60(48)69-63(49)61)66(62(45)50)55-31-14-12-29-53(55)65(54-30-13-15-32-56(54)66)51-27-10-7-22-46(51)47-23-8-11-28-52(47)65/h1,3-5,7-40H,2,6H2. The van der Waals surface area contributed by atoms with Gasteiger partial charge in [-0.25, -0.2) is 9.97 Å². The lowest BCUT2D eigenvalue weighted by Crippen LogP contribution is -2.44. The van der Waals surface area contributed by atoms with Crippen molar-refractivity contribution >= 4 is 27.5 Å². The molecule has 0 N–H and O–H groups in total. The molecule has 0 unspecified atom stereocenters. The van der Waals surface area contributed by atoms with E-state index in [0.717, 1.165) is 74.0 Å². The molecule has 3 nitrogen and oxygen atoms in total. The first-order valence-electron chi connectivity index (χ1n) is 24.1. The third kappa shape index (κ3) is 5.11. The predicted octanol–water partition coefficient (Wildman–Crippen LogP) is 16.1. The highest BCUT2D eigenvalue weighted by Gasteiger charge is 2.59. The summed E-state index contributed by atoms with van der Waals surface area (Å²) >= 11 is 0. The fraction of sp³-hybridized carbons (Fsp3) is 0.0606. The molecule has 0 radical (unpaired) electrons. The topological polar surface area (TPSA) is 38.9 Å². The van der Waals surface area contributed by atoms with Gasteiger partial charge in [-0.2, -0.15) is 0 Å². The van der Waals surface area contributed by atoms with Gasteiger partial charge in [0.2, 0.25) is 0 Å². The summed E-state index contributed by atoms with van der Waals surface area (Å²) in [6, 6.07) is 78.5. The molecule has 69 heavy (non-hydrogen) atoms. The molecule has 3 heteroatoms. The molecule has 2 aromatic heterocycles. The van der Waals surface area contributed by atoms with Crippen LogP contribution in [0.15, 0.2) is 235 Å². The van der Waals surface area contributed by atoms with Crippen LogP contribution in [0.3, 0.4) is 0 Å². The number of allylic oxidation sites excluding steroid dienone is 4. The van der Waals surface area contributed by atoms with Crippen molar-refractivity contribution in [3.8, 4) is 56.0 Å². The maximum atomic E-state index is 7.03. The SMILES string of the molecule is C1=CC(c2cc(-c3ccccc3)nc(-c3ccc(-c4cccc5c4C4(c6ccccc6C6(c7ccccc7-c7ccccc76)c6ccccc64)c4ccc6c(oc7ccccc76)c4-5)cc3)n2)=CCC1. The summed E-state index contributed by atoms with van der Waals surface area (Å²) < 4.78 is 7.03. The predicted molar refractivity (Wildman–Crippen MR) is 280 cm³/mol. The van der Waals surface area contributed by atoms with Crippen LogP contribution in [-0.2, 0) is 10.8 Å². The molecule has 15 rings (SSSR count). The molecule has 9 aromatic carbocycles. The summed E-state index contributed by atoms with van der Waals surface area (Å²) in [7, 11) is 0. The van der Waals surface area contributed by atoms with Crippen molar-refractivity contribution < 1.29 is 4.42 Å². The summed E-state index contributed by atoms with van der Waals surface area (Å²) in [4.78, 5) is 10.4. The molecule has 0 fully saturated rings. The molecule has 0 saturated carbocycles. The molecule has 4 aliphatic rings. The third-order valence-electron chi connectivity index (χ3n) is 15.6. The Labute approximate surface area is 400 Å². The van der Waals surface area contributed by atoms with Gasteiger partial charge in [0.15, 0.2) is 5.82 Å². The van der Waals surface area contributed by atoms with Gasteiger partial charge in [0.25, 0.3) is 0 Å². The molecule has 0 bridgehead atoms. The molecular formula is C66H42N2O. The van der Waals surface area contributed by atoms with E-state index >= 15 is 0 Å². The number of hydrogen-bond donors (Lipinski definition) is 0. The number of furan rings is 1. The fourth-order valence-electron chi connectivity index (χ4n) is 12.9. The molecule has 0 atom stereocenters. The number of nitrogens with zero attached hydrogens (tertiary/aromatic N) is 2. The van der Waals surface area contributed by atoms with Crippen LogP contribution in [0.1, 0.15) is 63.0 Å². The highest BCUT2D eigenvalue weighted by atomic mass is 16.3. The lowest BCUT2D eigenvalue weighted by Gasteiger charge is -2.49. The van der Waals surface area contributed by atoms with Gasteiger partial charge in [-0.15, -0.1) is 0 Å². The minimum absolute atomic E-state index is 0.537. The number of rotatable bonds is 4. The van der Waals surface area contributed by atoms with Gasteiger partial charge >= 0.3 is 0 Å². The Balaban J connectivity index is 1.01. The van der Waals surface area contributed by atoms with Crippen molar-refractivity contribution in [2.45, 2.75) is 23.7 Å². The zero-order chi connectivity index (χ0) is 45.3. The Morgan fingerprint density at radius 2 is 0.971 bits per heavy atom. The summed E-state index contributed by atoms with van der Waals surface area (Å²) in [6.45, 7) is 0. The second kappa shape index (κ2) is 14.4. The average Bonchev–Trinajstić information content (AvgIpc) is 4.06. The van der Waals surface area contributed by atoms with Gasteiger partial charge in [0.1, 0.15) is 11.2 Å². The Kier molecular flexibility index (Phi) is 8.04. The summed E-state index contributed by atoms with van der Waals surface area (Å²) in [6.07, 6.45) is 8.79. The summed E-state index contributed by atoms with van der Waals surface area (Å²) in [5, 5.41) is 2.26. The number of aromatic nitrogens is 2. The first-order valence-corrected chi connectivity index (χ1v) is 24.1. The van der Waals surface area contributed by atoms with E-state index in [1.54, 1.807) is 0 Å². The monoisotopic (exact) mass is 878 g/mol. The minimum atomic E-state index is -0.707. The van der Waals surface area contributed by atoms with E-state index in [2.05, 4.69) is 231 Å². The molecule has 0 amide bonds. The van der Waals surface area contributed by atoms with E-state index in [9.17, 15) is 0 Å². The maximum Gasteiger partial charge on any atom is 0.160 e. The zero-order valence-corrected chi connectivity index (χ0v) is 37.7. The Hall–Kier alpha value is -8.66. The van der Waals surface area contributed by atoms with Crippen LogP contribution >= 0.6 is 0 Å². The number of benzene rings is 9. The van der Waals surface area contributed by atoms with Gasteiger partial charge in [0.05, 0.1) is 22.2 Å². The molecule has 4 aliphatic carbocycles. The van der Waals surface area contributed by atoms with Crippen LogP contribution in [0.4, 0.5) is 0 Å². The second-order valence-electron chi connectivity index (χ2n) is 18.9. The normalized spacial score (nSPS) is 15.1. The Bertz CT molecular complexity index is 3920. The van der Waals surface area contributed by atoms with Crippen LogP contribution in [0.2, 0.25) is 0 Å². The van der Waals surface area contributed by atoms with Crippen molar-refractivity contribution in [1.82, 2.24) is 9.97 Å². The highest BCUT2D eigenvalue weighted by molar-refractivity contribution is 6.13. The van der Waals surface area contributed by atoms with E-state index in [4.69, 9.17) is 14.4 Å². The smallest absolute Gasteiger partial charge is 0.160 e. The van der Waals surface area contributed by atoms with Crippen molar-refractivity contribution in [3.63, 3.8) is 0 Å². The number of para-hydroxylation sites is 1. The van der Waals surface area contributed by atoms with Crippen molar-refractivity contribution in [1.29, 1.82) is 0 Å². The molecule has 322 valence electrons. The Morgan fingerprint density at radius 3 is 1.67 bits per heavy atom. The molecule has 0 saturated heterocycles. The molecule has 0 aliphatic heterocycles. The minimum Gasteiger partial charge on any atom is -0.455 e. The van der Waals surface area contributed by atoms with E-state index < -0.39 is 10.8 Å². The maximum absolute atomic E-state index is 7.03. The third-order valence-corrected chi connectivity index (χ3v) is 15.6. The van der Waals surface area contributed by atoms with E-state index in [-0.39, 0.29) is 0 Å². The van der Waals surface area contributed by atoms with E-state index in [0.29, 0.717) is 5.82 Å². The van der Waals surface area contributed by atoms with Crippen LogP contribution in [-0.4, -0.2) is 9.97 Å². The first kappa shape index (κ1) is 38.4. The summed E-state index contributed by atoms with van der Waals surface area (Å²) in [5.41, 5.74) is 23.3. The van der Waals surface area contributed by atoms with Crippen molar-refractivity contribution in [3.05, 3.63) is 281 Å². The lowest BCUT2D eigenvalue weighted by molar-refractivity contribution is 0.632. The first-order chi connectivity index (χ1) is 34.2. The molecule has 11 aromatic rings. The highest BCUT2D eigenvalue weighted by Crippen LogP contribution is 2.69. The average molecular weight is 879 g/mol. The Morgan fingerprint density at radius 1 is 0.391 bits per heavy atom. The molecular weight excluding hydrogens is 837 g/mol. The quantitative estimate of drug-likeness (QED) is 0.177. The number of hydrogen-bond acceptors (Lipinski definition) is 3. The van der Waals surface area contributed by atoms with Gasteiger partial charge in [-0.3, -0.25) is 0 Å². The molecule has 2 spiro atoms. The zero-order valence-electron chi connectivity index (χ0n) is 37.7. The van der Waals surface area contributed by atoms with E-state index in [1.165, 1.54) is 66.8 Å². The van der Waals surface area contributed by atoms with Gasteiger partial charge in [-0.05, 0) is 103 Å². The molecule has 2 heterocycles. The van der Waals surface area contributed by atoms with Gasteiger partial charge in [-0.1, -0.05) is 218 Å². The van der Waals surface area contributed by atoms with Gasteiger partial charge < -0.3 is 4.42 Å². The van der Waals surface area contributed by atoms with Crippen LogP contribution in [0, 0.1) is 0 Å². The largest absolute Gasteiger partial charge is 0.455 e.